The fourth-order valence-electron chi connectivity index (χ4n) is 2.77. The van der Waals surface area contributed by atoms with Gasteiger partial charge in [-0.1, -0.05) is 33.6 Å². The summed E-state index contributed by atoms with van der Waals surface area (Å²) in [7, 11) is 0. The fraction of sp³-hybridized carbons (Fsp3) is 0. The van der Waals surface area contributed by atoms with Crippen LogP contribution in [0, 0.1) is 11.6 Å². The lowest BCUT2D eigenvalue weighted by molar-refractivity contribution is 0.0977. The normalized spacial score (nSPS) is 10.8. The molecule has 0 aliphatic heterocycles. The molecule has 0 aliphatic carbocycles. The van der Waals surface area contributed by atoms with Gasteiger partial charge in [-0.25, -0.2) is 13.8 Å². The van der Waals surface area contributed by atoms with Crippen molar-refractivity contribution < 1.29 is 18.0 Å². The Morgan fingerprint density at radius 2 is 1.87 bits per heavy atom. The third kappa shape index (κ3) is 4.73. The molecule has 1 aromatic heterocycles. The number of amides is 1. The number of oxazole rings is 1. The van der Waals surface area contributed by atoms with Crippen molar-refractivity contribution in [1.29, 1.82) is 0 Å². The van der Waals surface area contributed by atoms with E-state index in [2.05, 4.69) is 31.5 Å². The van der Waals surface area contributed by atoms with Crippen LogP contribution in [0.2, 0.25) is 5.02 Å². The van der Waals surface area contributed by atoms with Crippen molar-refractivity contribution in [2.75, 3.05) is 5.32 Å². The maximum Gasteiger partial charge on any atom is 0.257 e. The molecule has 0 bridgehead atoms. The topological polar surface area (TPSA) is 67.2 Å². The molecule has 156 valence electrons. The molecule has 10 heteroatoms. The first kappa shape index (κ1) is 21.4. The van der Waals surface area contributed by atoms with Crippen molar-refractivity contribution >= 4 is 67.6 Å². The van der Waals surface area contributed by atoms with Gasteiger partial charge in [0.05, 0.1) is 10.6 Å². The molecule has 0 saturated heterocycles. The minimum Gasteiger partial charge on any atom is -0.436 e. The van der Waals surface area contributed by atoms with Gasteiger partial charge >= 0.3 is 0 Å². The minimum absolute atomic E-state index is 0.0276. The lowest BCUT2D eigenvalue weighted by Gasteiger charge is -2.09. The maximum atomic E-state index is 13.6. The Hall–Kier alpha value is -2.88. The highest BCUT2D eigenvalue weighted by molar-refractivity contribution is 9.10. The Bertz CT molecular complexity index is 1350. The number of benzene rings is 3. The van der Waals surface area contributed by atoms with Crippen molar-refractivity contribution in [1.82, 2.24) is 10.3 Å². The monoisotopic (exact) mass is 521 g/mol. The number of halogens is 4. The quantitative estimate of drug-likeness (QED) is 0.244. The number of carbonyl (C=O) groups is 1. The van der Waals surface area contributed by atoms with E-state index < -0.39 is 11.6 Å². The summed E-state index contributed by atoms with van der Waals surface area (Å²) < 4.78 is 33.3. The molecule has 0 saturated carbocycles. The van der Waals surface area contributed by atoms with E-state index in [0.29, 0.717) is 22.4 Å². The van der Waals surface area contributed by atoms with E-state index in [-0.39, 0.29) is 27.5 Å². The molecule has 0 fully saturated rings. The number of carbonyl (C=O) groups excluding carboxylic acids is 1. The number of aromatic nitrogens is 1. The van der Waals surface area contributed by atoms with Crippen molar-refractivity contribution in [3.05, 3.63) is 81.3 Å². The zero-order chi connectivity index (χ0) is 22.1. The van der Waals surface area contributed by atoms with Crippen LogP contribution in [0.4, 0.5) is 14.5 Å². The molecule has 0 spiro atoms. The van der Waals surface area contributed by atoms with Crippen molar-refractivity contribution in [2.24, 2.45) is 0 Å². The van der Waals surface area contributed by atoms with Crippen molar-refractivity contribution in [2.45, 2.75) is 0 Å². The first-order valence-corrected chi connectivity index (χ1v) is 10.3. The van der Waals surface area contributed by atoms with Crippen LogP contribution in [0.25, 0.3) is 22.6 Å². The van der Waals surface area contributed by atoms with Crippen LogP contribution < -0.4 is 10.6 Å². The number of rotatable bonds is 3. The smallest absolute Gasteiger partial charge is 0.257 e. The molecule has 1 heterocycles. The highest BCUT2D eigenvalue weighted by Gasteiger charge is 2.16. The summed E-state index contributed by atoms with van der Waals surface area (Å²) in [6.07, 6.45) is 0. The third-order valence-corrected chi connectivity index (χ3v) is 5.21. The fourth-order valence-corrected chi connectivity index (χ4v) is 3.62. The van der Waals surface area contributed by atoms with E-state index >= 15 is 0 Å². The molecular formula is C21H11BrClF2N3O2S. The third-order valence-electron chi connectivity index (χ3n) is 4.20. The van der Waals surface area contributed by atoms with Gasteiger partial charge in [-0.3, -0.25) is 10.1 Å². The standard InChI is InChI=1S/C21H11BrClF2N3O2S/c22-11-3-1-2-10(6-11)19(29)28-21(31)26-12-4-5-18-17(7-12)27-20(30-18)13-8-15(24)16(25)9-14(13)23/h1-9H,(H2,26,28,29,31). The molecule has 31 heavy (non-hydrogen) atoms. The highest BCUT2D eigenvalue weighted by Crippen LogP contribution is 2.32. The van der Waals surface area contributed by atoms with Crippen LogP contribution in [0.1, 0.15) is 10.4 Å². The number of hydrogen-bond acceptors (Lipinski definition) is 4. The van der Waals surface area contributed by atoms with Gasteiger partial charge in [0.2, 0.25) is 5.89 Å². The maximum absolute atomic E-state index is 13.6. The number of hydrogen-bond donors (Lipinski definition) is 2. The molecule has 0 atom stereocenters. The predicted molar refractivity (Wildman–Crippen MR) is 122 cm³/mol. The summed E-state index contributed by atoms with van der Waals surface area (Å²) in [5.74, 6) is -2.44. The molecule has 0 radical (unpaired) electrons. The van der Waals surface area contributed by atoms with Gasteiger partial charge in [-0.15, -0.1) is 0 Å². The van der Waals surface area contributed by atoms with Gasteiger partial charge < -0.3 is 9.73 Å². The largest absolute Gasteiger partial charge is 0.436 e. The summed E-state index contributed by atoms with van der Waals surface area (Å²) >= 11 is 14.5. The van der Waals surface area contributed by atoms with Crippen LogP contribution in [-0.2, 0) is 0 Å². The number of fused-ring (bicyclic) bond motifs is 1. The average Bonchev–Trinajstić information content (AvgIpc) is 3.13. The molecule has 2 N–H and O–H groups in total. The molecule has 0 unspecified atom stereocenters. The Kier molecular flexibility index (Phi) is 5.99. The molecule has 4 rings (SSSR count). The van der Waals surface area contributed by atoms with Crippen LogP contribution in [-0.4, -0.2) is 16.0 Å². The first-order chi connectivity index (χ1) is 14.8. The Morgan fingerprint density at radius 3 is 2.65 bits per heavy atom. The number of nitrogens with one attached hydrogen (secondary N) is 2. The minimum atomic E-state index is -1.06. The van der Waals surface area contributed by atoms with Crippen LogP contribution >= 0.6 is 39.7 Å². The molecule has 4 aromatic rings. The number of nitrogens with zero attached hydrogens (tertiary/aromatic N) is 1. The van der Waals surface area contributed by atoms with Crippen LogP contribution in [0.5, 0.6) is 0 Å². The molecule has 0 aliphatic rings. The molecule has 1 amide bonds. The zero-order valence-corrected chi connectivity index (χ0v) is 18.5. The summed E-state index contributed by atoms with van der Waals surface area (Å²) in [6.45, 7) is 0. The SMILES string of the molecule is O=C(NC(=S)Nc1ccc2oc(-c3cc(F)c(F)cc3Cl)nc2c1)c1cccc(Br)c1. The van der Waals surface area contributed by atoms with Crippen molar-refractivity contribution in [3.63, 3.8) is 0 Å². The summed E-state index contributed by atoms with van der Waals surface area (Å²) in [6, 6.07) is 13.6. The van der Waals surface area contributed by atoms with Gasteiger partial charge in [-0.05, 0) is 60.7 Å². The zero-order valence-electron chi connectivity index (χ0n) is 15.4. The number of anilines is 1. The van der Waals surface area contributed by atoms with E-state index in [1.54, 1.807) is 36.4 Å². The van der Waals surface area contributed by atoms with Gasteiger partial charge in [0.25, 0.3) is 5.91 Å². The van der Waals surface area contributed by atoms with Crippen molar-refractivity contribution in [3.8, 4) is 11.5 Å². The van der Waals surface area contributed by atoms with Crippen LogP contribution in [0.15, 0.2) is 63.5 Å². The second kappa shape index (κ2) is 8.70. The van der Waals surface area contributed by atoms with Gasteiger partial charge in [0.15, 0.2) is 22.3 Å². The summed E-state index contributed by atoms with van der Waals surface area (Å²) in [5.41, 5.74) is 1.96. The van der Waals surface area contributed by atoms with Gasteiger partial charge in [0, 0.05) is 15.7 Å². The van der Waals surface area contributed by atoms with E-state index in [4.69, 9.17) is 28.2 Å². The van der Waals surface area contributed by atoms with E-state index in [1.165, 1.54) is 0 Å². The van der Waals surface area contributed by atoms with Crippen LogP contribution in [0.3, 0.4) is 0 Å². The Balaban J connectivity index is 1.52. The Morgan fingerprint density at radius 1 is 1.10 bits per heavy atom. The van der Waals surface area contributed by atoms with E-state index in [9.17, 15) is 13.6 Å². The molecule has 5 nitrogen and oxygen atoms in total. The lowest BCUT2D eigenvalue weighted by Crippen LogP contribution is -2.34. The summed E-state index contributed by atoms with van der Waals surface area (Å²) in [4.78, 5) is 16.6. The van der Waals surface area contributed by atoms with Gasteiger partial charge in [0.1, 0.15) is 5.52 Å². The first-order valence-electron chi connectivity index (χ1n) is 8.73. The molecule has 3 aromatic carbocycles. The van der Waals surface area contributed by atoms with E-state index in [0.717, 1.165) is 16.6 Å². The number of thiocarbonyl (C=S) groups is 1. The second-order valence-electron chi connectivity index (χ2n) is 6.37. The Labute approximate surface area is 193 Å². The predicted octanol–water partition coefficient (Wildman–Crippen LogP) is 6.32. The van der Waals surface area contributed by atoms with Gasteiger partial charge in [-0.2, -0.15) is 0 Å². The van der Waals surface area contributed by atoms with E-state index in [1.807, 2.05) is 6.07 Å². The summed E-state index contributed by atoms with van der Waals surface area (Å²) in [5, 5.41) is 5.56. The second-order valence-corrected chi connectivity index (χ2v) is 8.10. The highest BCUT2D eigenvalue weighted by atomic mass is 79.9. The lowest BCUT2D eigenvalue weighted by atomic mass is 10.2. The average molecular weight is 523 g/mol. The molecular weight excluding hydrogens is 512 g/mol.